The monoisotopic (exact) mass is 389 g/mol. The van der Waals surface area contributed by atoms with E-state index >= 15 is 0 Å². The van der Waals surface area contributed by atoms with Crippen LogP contribution in [0.5, 0.6) is 0 Å². The third kappa shape index (κ3) is 8.44. The highest BCUT2D eigenvalue weighted by atomic mass is 16.5. The van der Waals surface area contributed by atoms with E-state index in [0.717, 1.165) is 31.8 Å². The molecular weight excluding hydrogens is 342 g/mol. The van der Waals surface area contributed by atoms with Crippen LogP contribution >= 0.6 is 0 Å². The van der Waals surface area contributed by atoms with Gasteiger partial charge >= 0.3 is 0 Å². The first-order chi connectivity index (χ1) is 13.7. The van der Waals surface area contributed by atoms with Crippen LogP contribution in [-0.4, -0.2) is 12.7 Å². The van der Waals surface area contributed by atoms with Gasteiger partial charge in [0, 0.05) is 6.61 Å². The van der Waals surface area contributed by atoms with Gasteiger partial charge in [-0.3, -0.25) is 0 Å². The summed E-state index contributed by atoms with van der Waals surface area (Å²) in [5.74, 6) is 1.67. The summed E-state index contributed by atoms with van der Waals surface area (Å²) in [6, 6.07) is 2.71. The van der Waals surface area contributed by atoms with Gasteiger partial charge in [-0.1, -0.05) is 71.6 Å². The van der Waals surface area contributed by atoms with Gasteiger partial charge in [0.2, 0.25) is 0 Å². The minimum absolute atomic E-state index is 0.0138. The smallest absolute Gasteiger partial charge is 0.0689 e. The fourth-order valence-electron chi connectivity index (χ4n) is 5.42. The second kappa shape index (κ2) is 13.6. The Labute approximate surface area is 175 Å². The minimum atomic E-state index is -0.0138. The lowest BCUT2D eigenvalue weighted by atomic mass is 9.69. The zero-order valence-corrected chi connectivity index (χ0v) is 19.0. The van der Waals surface area contributed by atoms with E-state index in [9.17, 15) is 5.26 Å². The molecule has 0 N–H and O–H groups in total. The SMILES string of the molecule is CCCCCCC1CCC(OCC2CCC(C#N)(CCCCCC)CC2)CC1. The summed E-state index contributed by atoms with van der Waals surface area (Å²) in [5, 5.41) is 9.75. The van der Waals surface area contributed by atoms with Gasteiger partial charge in [-0.05, 0) is 69.6 Å². The Bertz CT molecular complexity index is 424. The summed E-state index contributed by atoms with van der Waals surface area (Å²) in [7, 11) is 0. The van der Waals surface area contributed by atoms with Gasteiger partial charge in [0.1, 0.15) is 0 Å². The van der Waals surface area contributed by atoms with Gasteiger partial charge in [-0.2, -0.15) is 5.26 Å². The van der Waals surface area contributed by atoms with Gasteiger partial charge in [-0.15, -0.1) is 0 Å². The van der Waals surface area contributed by atoms with E-state index in [4.69, 9.17) is 4.74 Å². The lowest BCUT2D eigenvalue weighted by molar-refractivity contribution is -0.0135. The highest BCUT2D eigenvalue weighted by Gasteiger charge is 2.35. The predicted octanol–water partition coefficient (Wildman–Crippen LogP) is 8.20. The zero-order valence-electron chi connectivity index (χ0n) is 19.0. The average Bonchev–Trinajstić information content (AvgIpc) is 2.74. The van der Waals surface area contributed by atoms with Crippen molar-refractivity contribution in [2.75, 3.05) is 6.61 Å². The first-order valence-electron chi connectivity index (χ1n) is 12.7. The fourth-order valence-corrected chi connectivity index (χ4v) is 5.42. The van der Waals surface area contributed by atoms with E-state index < -0.39 is 0 Å². The van der Waals surface area contributed by atoms with Crippen LogP contribution < -0.4 is 0 Å². The van der Waals surface area contributed by atoms with E-state index in [2.05, 4.69) is 19.9 Å². The number of nitrogens with zero attached hydrogens (tertiary/aromatic N) is 1. The summed E-state index contributed by atoms with van der Waals surface area (Å²) in [6.45, 7) is 5.50. The van der Waals surface area contributed by atoms with Crippen molar-refractivity contribution in [1.29, 1.82) is 5.26 Å². The highest BCUT2D eigenvalue weighted by Crippen LogP contribution is 2.42. The first kappa shape index (κ1) is 23.7. The molecule has 0 aromatic carbocycles. The molecule has 0 aromatic rings. The van der Waals surface area contributed by atoms with Crippen molar-refractivity contribution in [3.8, 4) is 6.07 Å². The molecule has 0 unspecified atom stereocenters. The second-order valence-electron chi connectivity index (χ2n) is 9.97. The van der Waals surface area contributed by atoms with E-state index in [1.54, 1.807) is 0 Å². The fraction of sp³-hybridized carbons (Fsp3) is 0.962. The number of hydrogen-bond donors (Lipinski definition) is 0. The van der Waals surface area contributed by atoms with Gasteiger partial charge < -0.3 is 4.74 Å². The maximum Gasteiger partial charge on any atom is 0.0689 e. The molecule has 162 valence electrons. The van der Waals surface area contributed by atoms with Crippen LogP contribution in [0, 0.1) is 28.6 Å². The van der Waals surface area contributed by atoms with Crippen molar-refractivity contribution >= 4 is 0 Å². The number of rotatable bonds is 13. The number of hydrogen-bond acceptors (Lipinski definition) is 2. The maximum atomic E-state index is 9.75. The molecule has 2 aliphatic rings. The standard InChI is InChI=1S/C26H47NO/c1-3-5-7-9-11-23-12-14-25(15-13-23)28-21-24-16-19-26(22-27,20-17-24)18-10-8-6-4-2/h23-25H,3-21H2,1-2H3. The van der Waals surface area contributed by atoms with Crippen LogP contribution in [0.25, 0.3) is 0 Å². The Hall–Kier alpha value is -0.550. The quantitative estimate of drug-likeness (QED) is 0.297. The van der Waals surface area contributed by atoms with E-state index in [0.29, 0.717) is 12.0 Å². The Morgan fingerprint density at radius 3 is 2.04 bits per heavy atom. The summed E-state index contributed by atoms with van der Waals surface area (Å²) >= 11 is 0. The van der Waals surface area contributed by atoms with E-state index in [1.807, 2.05) is 0 Å². The highest BCUT2D eigenvalue weighted by molar-refractivity contribution is 5.01. The molecule has 2 rings (SSSR count). The Balaban J connectivity index is 1.57. The topological polar surface area (TPSA) is 33.0 Å². The normalized spacial score (nSPS) is 30.8. The van der Waals surface area contributed by atoms with Crippen molar-refractivity contribution in [2.24, 2.45) is 17.3 Å². The van der Waals surface area contributed by atoms with Crippen LogP contribution in [0.2, 0.25) is 0 Å². The Morgan fingerprint density at radius 2 is 1.43 bits per heavy atom. The lowest BCUT2D eigenvalue weighted by Gasteiger charge is -2.36. The van der Waals surface area contributed by atoms with Crippen molar-refractivity contribution in [1.82, 2.24) is 0 Å². The van der Waals surface area contributed by atoms with Gasteiger partial charge in [-0.25, -0.2) is 0 Å². The second-order valence-corrected chi connectivity index (χ2v) is 9.97. The molecule has 0 saturated heterocycles. The molecule has 0 atom stereocenters. The van der Waals surface area contributed by atoms with E-state index in [-0.39, 0.29) is 5.41 Å². The molecule has 0 bridgehead atoms. The Morgan fingerprint density at radius 1 is 0.786 bits per heavy atom. The van der Waals surface area contributed by atoms with Crippen molar-refractivity contribution < 1.29 is 4.74 Å². The van der Waals surface area contributed by atoms with Crippen LogP contribution in [0.3, 0.4) is 0 Å². The van der Waals surface area contributed by atoms with Crippen molar-refractivity contribution in [3.05, 3.63) is 0 Å². The number of unbranched alkanes of at least 4 members (excludes halogenated alkanes) is 6. The first-order valence-corrected chi connectivity index (χ1v) is 12.7. The lowest BCUT2D eigenvalue weighted by Crippen LogP contribution is -2.30. The van der Waals surface area contributed by atoms with E-state index in [1.165, 1.54) is 96.3 Å². The molecular formula is C26H47NO. The summed E-state index contributed by atoms with van der Waals surface area (Å²) in [6.07, 6.45) is 23.8. The average molecular weight is 390 g/mol. The molecule has 2 saturated carbocycles. The number of ether oxygens (including phenoxy) is 1. The largest absolute Gasteiger partial charge is 0.378 e. The number of nitriles is 1. The van der Waals surface area contributed by atoms with Crippen molar-refractivity contribution in [3.63, 3.8) is 0 Å². The minimum Gasteiger partial charge on any atom is -0.378 e. The Kier molecular flexibility index (Phi) is 11.6. The molecule has 2 heteroatoms. The van der Waals surface area contributed by atoms with Gasteiger partial charge in [0.15, 0.2) is 0 Å². The van der Waals surface area contributed by atoms with Crippen molar-refractivity contribution in [2.45, 2.75) is 136 Å². The molecule has 0 aliphatic heterocycles. The molecule has 2 fully saturated rings. The third-order valence-electron chi connectivity index (χ3n) is 7.64. The van der Waals surface area contributed by atoms with Crippen LogP contribution in [0.4, 0.5) is 0 Å². The van der Waals surface area contributed by atoms with Crippen LogP contribution in [0.15, 0.2) is 0 Å². The van der Waals surface area contributed by atoms with Gasteiger partial charge in [0.25, 0.3) is 0 Å². The summed E-state index contributed by atoms with van der Waals surface area (Å²) in [5.41, 5.74) is -0.0138. The molecule has 0 heterocycles. The van der Waals surface area contributed by atoms with Crippen LogP contribution in [-0.2, 0) is 4.74 Å². The zero-order chi connectivity index (χ0) is 20.1. The molecule has 2 aliphatic carbocycles. The molecule has 0 aromatic heterocycles. The molecule has 0 spiro atoms. The molecule has 2 nitrogen and oxygen atoms in total. The maximum absolute atomic E-state index is 9.75. The summed E-state index contributed by atoms with van der Waals surface area (Å²) in [4.78, 5) is 0. The third-order valence-corrected chi connectivity index (χ3v) is 7.64. The van der Waals surface area contributed by atoms with Gasteiger partial charge in [0.05, 0.1) is 17.6 Å². The summed E-state index contributed by atoms with van der Waals surface area (Å²) < 4.78 is 6.35. The molecule has 0 amide bonds. The predicted molar refractivity (Wildman–Crippen MR) is 119 cm³/mol. The molecule has 0 radical (unpaired) electrons. The molecule has 28 heavy (non-hydrogen) atoms. The van der Waals surface area contributed by atoms with Crippen LogP contribution in [0.1, 0.15) is 129 Å².